The van der Waals surface area contributed by atoms with Crippen molar-refractivity contribution in [3.8, 4) is 0 Å². The third kappa shape index (κ3) is 4.57. The van der Waals surface area contributed by atoms with Crippen molar-refractivity contribution >= 4 is 5.97 Å². The number of carbonyl (C=O) groups excluding carboxylic acids is 1. The summed E-state index contributed by atoms with van der Waals surface area (Å²) >= 11 is 0. The first-order valence-electron chi connectivity index (χ1n) is 7.96. The number of rotatable bonds is 4. The summed E-state index contributed by atoms with van der Waals surface area (Å²) in [6.45, 7) is 4.24. The number of hydrogen-bond acceptors (Lipinski definition) is 3. The minimum absolute atomic E-state index is 0.0113. The van der Waals surface area contributed by atoms with Crippen LogP contribution in [-0.4, -0.2) is 23.8 Å². The monoisotopic (exact) mass is 290 g/mol. The summed E-state index contributed by atoms with van der Waals surface area (Å²) in [6.07, 6.45) is 4.27. The lowest BCUT2D eigenvalue weighted by Crippen LogP contribution is -2.26. The molecule has 0 saturated heterocycles. The molecule has 3 nitrogen and oxygen atoms in total. The Labute approximate surface area is 127 Å². The van der Waals surface area contributed by atoms with E-state index in [2.05, 4.69) is 13.8 Å². The molecule has 1 fully saturated rings. The second-order valence-corrected chi connectivity index (χ2v) is 6.46. The number of benzene rings is 1. The van der Waals surface area contributed by atoms with E-state index in [0.29, 0.717) is 11.8 Å². The summed E-state index contributed by atoms with van der Waals surface area (Å²) in [4.78, 5) is 12.4. The van der Waals surface area contributed by atoms with Gasteiger partial charge in [0.1, 0.15) is 12.0 Å². The first kappa shape index (κ1) is 16.0. The van der Waals surface area contributed by atoms with Gasteiger partial charge in [-0.2, -0.15) is 0 Å². The first-order chi connectivity index (χ1) is 10.1. The van der Waals surface area contributed by atoms with Crippen molar-refractivity contribution in [3.63, 3.8) is 0 Å². The van der Waals surface area contributed by atoms with E-state index in [-0.39, 0.29) is 18.7 Å². The molecule has 2 rings (SSSR count). The zero-order chi connectivity index (χ0) is 15.2. The fourth-order valence-electron chi connectivity index (χ4n) is 3.14. The van der Waals surface area contributed by atoms with Crippen LogP contribution in [0.2, 0.25) is 0 Å². The highest BCUT2D eigenvalue weighted by Crippen LogP contribution is 2.30. The third-order valence-corrected chi connectivity index (χ3v) is 4.43. The Morgan fingerprint density at radius 1 is 1.19 bits per heavy atom. The molecule has 0 spiro atoms. The highest BCUT2D eigenvalue weighted by molar-refractivity contribution is 5.78. The Balaban J connectivity index is 2.01. The van der Waals surface area contributed by atoms with Crippen LogP contribution < -0.4 is 0 Å². The zero-order valence-electron chi connectivity index (χ0n) is 13.0. The molecule has 1 aromatic carbocycles. The normalized spacial score (nSPS) is 27.7. The number of hydrogen-bond donors (Lipinski definition) is 1. The standard InChI is InChI=1S/C18H26O3/c1-13-8-9-14(2)11-16(10-13)21-18(20)17(12-19)15-6-4-3-5-7-15/h3-7,13-14,16-17,19H,8-12H2,1-2H3. The molecule has 0 aliphatic heterocycles. The number of aliphatic hydroxyl groups excluding tert-OH is 1. The molecule has 0 amide bonds. The van der Waals surface area contributed by atoms with E-state index in [1.54, 1.807) is 0 Å². The fourth-order valence-corrected chi connectivity index (χ4v) is 3.14. The minimum atomic E-state index is -0.569. The average Bonchev–Trinajstić information content (AvgIpc) is 2.62. The van der Waals surface area contributed by atoms with Crippen LogP contribution in [0.5, 0.6) is 0 Å². The molecular weight excluding hydrogens is 264 g/mol. The van der Waals surface area contributed by atoms with Gasteiger partial charge in [0.25, 0.3) is 0 Å². The van der Waals surface area contributed by atoms with Gasteiger partial charge in [-0.1, -0.05) is 57.0 Å². The zero-order valence-corrected chi connectivity index (χ0v) is 13.0. The number of ether oxygens (including phenoxy) is 1. The third-order valence-electron chi connectivity index (χ3n) is 4.43. The van der Waals surface area contributed by atoms with Crippen LogP contribution in [0.3, 0.4) is 0 Å². The van der Waals surface area contributed by atoms with Crippen molar-refractivity contribution in [3.05, 3.63) is 35.9 Å². The highest BCUT2D eigenvalue weighted by Gasteiger charge is 2.28. The van der Waals surface area contributed by atoms with Gasteiger partial charge in [-0.15, -0.1) is 0 Å². The maximum absolute atomic E-state index is 12.4. The van der Waals surface area contributed by atoms with Gasteiger partial charge in [0.15, 0.2) is 0 Å². The van der Waals surface area contributed by atoms with Crippen LogP contribution in [0, 0.1) is 11.8 Å². The number of esters is 1. The molecule has 1 aliphatic rings. The second-order valence-electron chi connectivity index (χ2n) is 6.46. The lowest BCUT2D eigenvalue weighted by molar-refractivity contribution is -0.153. The van der Waals surface area contributed by atoms with Gasteiger partial charge < -0.3 is 9.84 Å². The Morgan fingerprint density at radius 2 is 1.76 bits per heavy atom. The number of carbonyl (C=O) groups is 1. The molecule has 3 unspecified atom stereocenters. The maximum atomic E-state index is 12.4. The van der Waals surface area contributed by atoms with Gasteiger partial charge in [0.2, 0.25) is 0 Å². The van der Waals surface area contributed by atoms with Gasteiger partial charge in [-0.3, -0.25) is 4.79 Å². The van der Waals surface area contributed by atoms with Gasteiger partial charge in [0, 0.05) is 0 Å². The van der Waals surface area contributed by atoms with Crippen molar-refractivity contribution < 1.29 is 14.6 Å². The minimum Gasteiger partial charge on any atom is -0.462 e. The summed E-state index contributed by atoms with van der Waals surface area (Å²) < 4.78 is 5.72. The average molecular weight is 290 g/mol. The van der Waals surface area contributed by atoms with Crippen LogP contribution in [0.1, 0.15) is 51.0 Å². The first-order valence-corrected chi connectivity index (χ1v) is 7.96. The lowest BCUT2D eigenvalue weighted by Gasteiger charge is -2.22. The molecule has 0 aromatic heterocycles. The van der Waals surface area contributed by atoms with Crippen molar-refractivity contribution in [1.82, 2.24) is 0 Å². The van der Waals surface area contributed by atoms with Crippen molar-refractivity contribution in [2.75, 3.05) is 6.61 Å². The van der Waals surface area contributed by atoms with Gasteiger partial charge in [-0.25, -0.2) is 0 Å². The maximum Gasteiger partial charge on any atom is 0.316 e. The quantitative estimate of drug-likeness (QED) is 0.681. The van der Waals surface area contributed by atoms with Gasteiger partial charge in [-0.05, 0) is 30.2 Å². The Morgan fingerprint density at radius 3 is 2.29 bits per heavy atom. The Kier molecular flexibility index (Phi) is 5.80. The van der Waals surface area contributed by atoms with Gasteiger partial charge >= 0.3 is 5.97 Å². The molecular formula is C18H26O3. The lowest BCUT2D eigenvalue weighted by atomic mass is 9.99. The van der Waals surface area contributed by atoms with E-state index in [9.17, 15) is 9.90 Å². The summed E-state index contributed by atoms with van der Waals surface area (Å²) in [6, 6.07) is 9.38. The molecule has 1 aliphatic carbocycles. The molecule has 3 heteroatoms. The molecule has 1 N–H and O–H groups in total. The summed E-state index contributed by atoms with van der Waals surface area (Å²) in [5.41, 5.74) is 0.819. The van der Waals surface area contributed by atoms with Crippen molar-refractivity contribution in [2.45, 2.75) is 51.6 Å². The van der Waals surface area contributed by atoms with Crippen LogP contribution in [0.25, 0.3) is 0 Å². The predicted molar refractivity (Wildman–Crippen MR) is 82.9 cm³/mol. The summed E-state index contributed by atoms with van der Waals surface area (Å²) in [7, 11) is 0. The summed E-state index contributed by atoms with van der Waals surface area (Å²) in [5.74, 6) is 0.323. The van der Waals surface area contributed by atoms with Gasteiger partial charge in [0.05, 0.1) is 6.61 Å². The highest BCUT2D eigenvalue weighted by atomic mass is 16.5. The molecule has 21 heavy (non-hydrogen) atoms. The predicted octanol–water partition coefficient (Wildman–Crippen LogP) is 3.52. The second kappa shape index (κ2) is 7.60. The van der Waals surface area contributed by atoms with E-state index in [0.717, 1.165) is 18.4 Å². The van der Waals surface area contributed by atoms with E-state index >= 15 is 0 Å². The summed E-state index contributed by atoms with van der Waals surface area (Å²) in [5, 5.41) is 9.54. The Bertz CT molecular complexity index is 431. The molecule has 0 radical (unpaired) electrons. The van der Waals surface area contributed by atoms with Crippen LogP contribution in [-0.2, 0) is 9.53 Å². The molecule has 116 valence electrons. The van der Waals surface area contributed by atoms with Crippen LogP contribution in [0.4, 0.5) is 0 Å². The van der Waals surface area contributed by atoms with Crippen LogP contribution in [0.15, 0.2) is 30.3 Å². The van der Waals surface area contributed by atoms with Crippen molar-refractivity contribution in [2.24, 2.45) is 11.8 Å². The van der Waals surface area contributed by atoms with E-state index in [1.807, 2.05) is 30.3 Å². The fraction of sp³-hybridized carbons (Fsp3) is 0.611. The van der Waals surface area contributed by atoms with Crippen molar-refractivity contribution in [1.29, 1.82) is 0 Å². The Hall–Kier alpha value is -1.35. The molecule has 1 saturated carbocycles. The smallest absolute Gasteiger partial charge is 0.316 e. The topological polar surface area (TPSA) is 46.5 Å². The largest absolute Gasteiger partial charge is 0.462 e. The van der Waals surface area contributed by atoms with E-state index in [4.69, 9.17) is 4.74 Å². The van der Waals surface area contributed by atoms with Crippen LogP contribution >= 0.6 is 0 Å². The molecule has 3 atom stereocenters. The number of aliphatic hydroxyl groups is 1. The van der Waals surface area contributed by atoms with E-state index in [1.165, 1.54) is 12.8 Å². The molecule has 1 aromatic rings. The SMILES string of the molecule is CC1CCC(C)CC(OC(=O)C(CO)c2ccccc2)C1. The van der Waals surface area contributed by atoms with E-state index < -0.39 is 5.92 Å². The molecule has 0 bridgehead atoms. The molecule has 0 heterocycles.